The molecule has 0 unspecified atom stereocenters. The summed E-state index contributed by atoms with van der Waals surface area (Å²) in [5.74, 6) is 0.711. The lowest BCUT2D eigenvalue weighted by Gasteiger charge is -2.23. The van der Waals surface area contributed by atoms with Gasteiger partial charge in [0.1, 0.15) is 5.41 Å². The zero-order valence-electron chi connectivity index (χ0n) is 14.9. The van der Waals surface area contributed by atoms with Gasteiger partial charge < -0.3 is 20.1 Å². The quantitative estimate of drug-likeness (QED) is 0.781. The minimum Gasteiger partial charge on any atom is -0.454 e. The summed E-state index contributed by atoms with van der Waals surface area (Å²) in [5, 5.41) is 5.63. The van der Waals surface area contributed by atoms with Crippen molar-refractivity contribution in [2.45, 2.75) is 26.9 Å². The summed E-state index contributed by atoms with van der Waals surface area (Å²) in [7, 11) is 0. The number of hydrogen-bond donors (Lipinski definition) is 2. The summed E-state index contributed by atoms with van der Waals surface area (Å²) in [6.07, 6.45) is 0. The lowest BCUT2D eigenvalue weighted by molar-refractivity contribution is -0.141. The van der Waals surface area contributed by atoms with Gasteiger partial charge in [-0.15, -0.1) is 0 Å². The zero-order valence-corrected chi connectivity index (χ0v) is 14.9. The largest absolute Gasteiger partial charge is 0.454 e. The first-order chi connectivity index (χ1) is 12.5. The van der Waals surface area contributed by atoms with Crippen molar-refractivity contribution in [2.75, 3.05) is 6.79 Å². The first-order valence-corrected chi connectivity index (χ1v) is 8.46. The topological polar surface area (TPSA) is 76.7 Å². The van der Waals surface area contributed by atoms with Crippen LogP contribution >= 0.6 is 0 Å². The van der Waals surface area contributed by atoms with Crippen molar-refractivity contribution in [3.63, 3.8) is 0 Å². The van der Waals surface area contributed by atoms with Gasteiger partial charge in [0.15, 0.2) is 11.5 Å². The molecule has 2 aromatic rings. The Morgan fingerprint density at radius 2 is 1.50 bits per heavy atom. The Morgan fingerprint density at radius 3 is 2.19 bits per heavy atom. The van der Waals surface area contributed by atoms with Gasteiger partial charge in [0.25, 0.3) is 0 Å². The van der Waals surface area contributed by atoms with E-state index in [0.717, 1.165) is 11.1 Å². The Balaban J connectivity index is 1.54. The van der Waals surface area contributed by atoms with Gasteiger partial charge in [0.05, 0.1) is 0 Å². The smallest absolute Gasteiger partial charge is 0.235 e. The van der Waals surface area contributed by atoms with Crippen LogP contribution in [-0.2, 0) is 22.7 Å². The molecule has 2 N–H and O–H groups in total. The van der Waals surface area contributed by atoms with Crippen LogP contribution < -0.4 is 20.1 Å². The van der Waals surface area contributed by atoms with Gasteiger partial charge in [-0.25, -0.2) is 0 Å². The van der Waals surface area contributed by atoms with Gasteiger partial charge in [-0.3, -0.25) is 9.59 Å². The molecule has 3 rings (SSSR count). The fourth-order valence-corrected chi connectivity index (χ4v) is 2.56. The highest BCUT2D eigenvalue weighted by Gasteiger charge is 2.35. The molecule has 0 radical (unpaired) electrons. The van der Waals surface area contributed by atoms with Crippen LogP contribution in [0.4, 0.5) is 0 Å². The van der Waals surface area contributed by atoms with Gasteiger partial charge in [-0.2, -0.15) is 0 Å². The molecule has 0 aromatic heterocycles. The maximum Gasteiger partial charge on any atom is 0.235 e. The standard InChI is InChI=1S/C20H22N2O4/c1-20(2,18(23)21-11-14-6-4-3-5-7-14)19(24)22-12-15-8-9-16-17(10-15)26-13-25-16/h3-10H,11-13H2,1-2H3,(H,21,23)(H,22,24). The summed E-state index contributed by atoms with van der Waals surface area (Å²) >= 11 is 0. The molecule has 1 aliphatic heterocycles. The summed E-state index contributed by atoms with van der Waals surface area (Å²) in [5.41, 5.74) is 0.686. The maximum absolute atomic E-state index is 12.5. The normalized spacial score (nSPS) is 12.5. The van der Waals surface area contributed by atoms with E-state index in [4.69, 9.17) is 9.47 Å². The van der Waals surface area contributed by atoms with Crippen molar-refractivity contribution in [3.8, 4) is 11.5 Å². The van der Waals surface area contributed by atoms with Crippen molar-refractivity contribution in [1.82, 2.24) is 10.6 Å². The molecule has 0 saturated heterocycles. The van der Waals surface area contributed by atoms with E-state index in [1.54, 1.807) is 13.8 Å². The third kappa shape index (κ3) is 3.96. The summed E-state index contributed by atoms with van der Waals surface area (Å²) in [6.45, 7) is 4.13. The predicted molar refractivity (Wildman–Crippen MR) is 96.5 cm³/mol. The highest BCUT2D eigenvalue weighted by atomic mass is 16.7. The summed E-state index contributed by atoms with van der Waals surface area (Å²) < 4.78 is 10.6. The van der Waals surface area contributed by atoms with Crippen LogP contribution in [0.1, 0.15) is 25.0 Å². The Morgan fingerprint density at radius 1 is 0.885 bits per heavy atom. The van der Waals surface area contributed by atoms with Crippen molar-refractivity contribution in [3.05, 3.63) is 59.7 Å². The molecule has 6 nitrogen and oxygen atoms in total. The van der Waals surface area contributed by atoms with Gasteiger partial charge in [0.2, 0.25) is 18.6 Å². The third-order valence-corrected chi connectivity index (χ3v) is 4.32. The SMILES string of the molecule is CC(C)(C(=O)NCc1ccccc1)C(=O)NCc1ccc2c(c1)OCO2. The lowest BCUT2D eigenvalue weighted by atomic mass is 9.91. The lowest BCUT2D eigenvalue weighted by Crippen LogP contribution is -2.47. The van der Waals surface area contributed by atoms with Gasteiger partial charge in [-0.05, 0) is 37.1 Å². The molecule has 2 aromatic carbocycles. The minimum absolute atomic E-state index is 0.208. The van der Waals surface area contributed by atoms with E-state index < -0.39 is 5.41 Å². The van der Waals surface area contributed by atoms with E-state index in [2.05, 4.69) is 10.6 Å². The number of rotatable bonds is 6. The molecule has 0 fully saturated rings. The van der Waals surface area contributed by atoms with E-state index in [1.165, 1.54) is 0 Å². The predicted octanol–water partition coefficient (Wildman–Crippen LogP) is 2.37. The fraction of sp³-hybridized carbons (Fsp3) is 0.300. The van der Waals surface area contributed by atoms with Crippen LogP contribution in [0.25, 0.3) is 0 Å². The Bertz CT molecular complexity index is 803. The molecular formula is C20H22N2O4. The van der Waals surface area contributed by atoms with Gasteiger partial charge in [0, 0.05) is 13.1 Å². The van der Waals surface area contributed by atoms with E-state index in [0.29, 0.717) is 24.6 Å². The van der Waals surface area contributed by atoms with Crippen LogP contribution in [0.3, 0.4) is 0 Å². The molecule has 1 heterocycles. The van der Waals surface area contributed by atoms with E-state index in [-0.39, 0.29) is 18.6 Å². The highest BCUT2D eigenvalue weighted by molar-refractivity contribution is 6.04. The first-order valence-electron chi connectivity index (χ1n) is 8.46. The second-order valence-electron chi connectivity index (χ2n) is 6.66. The fourth-order valence-electron chi connectivity index (χ4n) is 2.56. The average molecular weight is 354 g/mol. The molecule has 6 heteroatoms. The molecule has 0 saturated carbocycles. The molecule has 1 aliphatic rings. The van der Waals surface area contributed by atoms with Crippen LogP contribution in [0, 0.1) is 5.41 Å². The summed E-state index contributed by atoms with van der Waals surface area (Å²) in [6, 6.07) is 15.1. The molecule has 0 aliphatic carbocycles. The molecule has 136 valence electrons. The average Bonchev–Trinajstić information content (AvgIpc) is 3.12. The second-order valence-corrected chi connectivity index (χ2v) is 6.66. The number of carbonyl (C=O) groups is 2. The van der Waals surface area contributed by atoms with Crippen LogP contribution in [0.5, 0.6) is 11.5 Å². The number of hydrogen-bond acceptors (Lipinski definition) is 4. The van der Waals surface area contributed by atoms with Crippen molar-refractivity contribution in [1.29, 1.82) is 0 Å². The van der Waals surface area contributed by atoms with Gasteiger partial charge in [-0.1, -0.05) is 36.4 Å². The minimum atomic E-state index is -1.18. The number of nitrogens with one attached hydrogen (secondary N) is 2. The maximum atomic E-state index is 12.5. The zero-order chi connectivity index (χ0) is 18.6. The molecule has 2 amide bonds. The van der Waals surface area contributed by atoms with Crippen molar-refractivity contribution in [2.24, 2.45) is 5.41 Å². The van der Waals surface area contributed by atoms with E-state index in [9.17, 15) is 9.59 Å². The number of ether oxygens (including phenoxy) is 2. The van der Waals surface area contributed by atoms with E-state index in [1.807, 2.05) is 48.5 Å². The Hall–Kier alpha value is -3.02. The Kier molecular flexibility index (Phi) is 5.11. The van der Waals surface area contributed by atoms with E-state index >= 15 is 0 Å². The highest BCUT2D eigenvalue weighted by Crippen LogP contribution is 2.32. The number of amides is 2. The molecule has 0 spiro atoms. The molecule has 0 bridgehead atoms. The Labute approximate surface area is 152 Å². The second kappa shape index (κ2) is 7.47. The molecule has 0 atom stereocenters. The molecular weight excluding hydrogens is 332 g/mol. The van der Waals surface area contributed by atoms with Crippen LogP contribution in [-0.4, -0.2) is 18.6 Å². The number of carbonyl (C=O) groups excluding carboxylic acids is 2. The van der Waals surface area contributed by atoms with Crippen LogP contribution in [0.15, 0.2) is 48.5 Å². The van der Waals surface area contributed by atoms with Crippen molar-refractivity contribution < 1.29 is 19.1 Å². The van der Waals surface area contributed by atoms with Crippen LogP contribution in [0.2, 0.25) is 0 Å². The summed E-state index contributed by atoms with van der Waals surface area (Å²) in [4.78, 5) is 24.9. The van der Waals surface area contributed by atoms with Gasteiger partial charge >= 0.3 is 0 Å². The third-order valence-electron chi connectivity index (χ3n) is 4.32. The number of fused-ring (bicyclic) bond motifs is 1. The first kappa shape index (κ1) is 17.8. The molecule has 26 heavy (non-hydrogen) atoms. The number of benzene rings is 2. The van der Waals surface area contributed by atoms with Crippen molar-refractivity contribution >= 4 is 11.8 Å². The monoisotopic (exact) mass is 354 g/mol.